The van der Waals surface area contributed by atoms with Gasteiger partial charge in [0.2, 0.25) is 0 Å². The van der Waals surface area contributed by atoms with Crippen LogP contribution >= 0.6 is 11.5 Å². The molecule has 0 saturated heterocycles. The molecular weight excluding hydrogens is 202 g/mol. The lowest BCUT2D eigenvalue weighted by Crippen LogP contribution is -2.30. The molecule has 76 valence electrons. The fourth-order valence-corrected chi connectivity index (χ4v) is 1.50. The van der Waals surface area contributed by atoms with Crippen LogP contribution in [0.5, 0.6) is 5.19 Å². The van der Waals surface area contributed by atoms with Crippen LogP contribution in [0.2, 0.25) is 0 Å². The summed E-state index contributed by atoms with van der Waals surface area (Å²) in [4.78, 5) is 15.2. The Labute approximate surface area is 85.7 Å². The van der Waals surface area contributed by atoms with E-state index in [-0.39, 0.29) is 12.5 Å². The molecule has 1 N–H and O–H groups in total. The summed E-state index contributed by atoms with van der Waals surface area (Å²) in [6.07, 6.45) is 2.17. The van der Waals surface area contributed by atoms with Crippen molar-refractivity contribution in [2.24, 2.45) is 0 Å². The van der Waals surface area contributed by atoms with Gasteiger partial charge in [-0.3, -0.25) is 4.79 Å². The molecule has 1 aromatic heterocycles. The first-order valence-corrected chi connectivity index (χ1v) is 5.24. The van der Waals surface area contributed by atoms with Crippen LogP contribution in [-0.2, 0) is 4.79 Å². The Morgan fingerprint density at radius 2 is 2.50 bits per heavy atom. The Bertz CT molecular complexity index is 335. The van der Waals surface area contributed by atoms with E-state index in [4.69, 9.17) is 4.74 Å². The van der Waals surface area contributed by atoms with Crippen molar-refractivity contribution in [1.29, 1.82) is 0 Å². The highest BCUT2D eigenvalue weighted by Crippen LogP contribution is 2.18. The van der Waals surface area contributed by atoms with E-state index in [1.54, 1.807) is 6.92 Å². The van der Waals surface area contributed by atoms with E-state index in [1.807, 2.05) is 0 Å². The first kappa shape index (κ1) is 9.39. The number of carbonyl (C=O) groups is 1. The number of carbonyl (C=O) groups excluding carboxylic acids is 1. The molecular formula is C8H11N3O2S. The number of ether oxygens (including phenoxy) is 1. The molecule has 1 saturated carbocycles. The number of aromatic nitrogens is 2. The van der Waals surface area contributed by atoms with Crippen LogP contribution in [0, 0.1) is 6.92 Å². The molecule has 0 unspecified atom stereocenters. The second kappa shape index (κ2) is 3.91. The monoisotopic (exact) mass is 213 g/mol. The molecule has 1 aliphatic rings. The smallest absolute Gasteiger partial charge is 0.293 e. The third kappa shape index (κ3) is 2.66. The second-order valence-electron chi connectivity index (χ2n) is 3.24. The number of aryl methyl sites for hydroxylation is 1. The zero-order valence-corrected chi connectivity index (χ0v) is 8.63. The maximum absolute atomic E-state index is 11.2. The minimum absolute atomic E-state index is 0.0329. The van der Waals surface area contributed by atoms with E-state index in [9.17, 15) is 4.79 Å². The molecule has 1 heterocycles. The SMILES string of the molecule is Cc1nsc(OCC(=O)NC2CC2)n1. The molecule has 6 heteroatoms. The Hall–Kier alpha value is -1.17. The molecule has 0 aliphatic heterocycles. The van der Waals surface area contributed by atoms with Crippen molar-refractivity contribution in [3.63, 3.8) is 0 Å². The van der Waals surface area contributed by atoms with Gasteiger partial charge in [0, 0.05) is 17.6 Å². The number of rotatable bonds is 4. The molecule has 14 heavy (non-hydrogen) atoms. The van der Waals surface area contributed by atoms with Crippen molar-refractivity contribution in [3.8, 4) is 5.19 Å². The van der Waals surface area contributed by atoms with Crippen LogP contribution in [0.3, 0.4) is 0 Å². The van der Waals surface area contributed by atoms with Crippen LogP contribution in [0.4, 0.5) is 0 Å². The molecule has 1 fully saturated rings. The van der Waals surface area contributed by atoms with Crippen molar-refractivity contribution >= 4 is 17.4 Å². The molecule has 0 bridgehead atoms. The third-order valence-corrected chi connectivity index (χ3v) is 2.50. The fraction of sp³-hybridized carbons (Fsp3) is 0.625. The van der Waals surface area contributed by atoms with Crippen molar-refractivity contribution in [1.82, 2.24) is 14.7 Å². The summed E-state index contributed by atoms with van der Waals surface area (Å²) in [5.41, 5.74) is 0. The van der Waals surface area contributed by atoms with E-state index in [0.717, 1.165) is 24.4 Å². The maximum atomic E-state index is 11.2. The number of nitrogens with one attached hydrogen (secondary N) is 1. The lowest BCUT2D eigenvalue weighted by atomic mass is 10.6. The van der Waals surface area contributed by atoms with Crippen LogP contribution < -0.4 is 10.1 Å². The van der Waals surface area contributed by atoms with E-state index in [2.05, 4.69) is 14.7 Å². The fourth-order valence-electron chi connectivity index (χ4n) is 0.961. The summed E-state index contributed by atoms with van der Waals surface area (Å²) in [7, 11) is 0. The highest BCUT2D eigenvalue weighted by atomic mass is 32.1. The van der Waals surface area contributed by atoms with E-state index >= 15 is 0 Å². The molecule has 2 rings (SSSR count). The Morgan fingerprint density at radius 1 is 1.71 bits per heavy atom. The predicted molar refractivity (Wildman–Crippen MR) is 51.3 cm³/mol. The van der Waals surface area contributed by atoms with Gasteiger partial charge in [-0.05, 0) is 19.8 Å². The maximum Gasteiger partial charge on any atom is 0.293 e. The van der Waals surface area contributed by atoms with Gasteiger partial charge in [0.05, 0.1) is 0 Å². The van der Waals surface area contributed by atoms with Crippen molar-refractivity contribution in [2.75, 3.05) is 6.61 Å². The standard InChI is InChI=1S/C8H11N3O2S/c1-5-9-8(14-11-5)13-4-7(12)10-6-2-3-6/h6H,2-4H2,1H3,(H,10,12). The minimum Gasteiger partial charge on any atom is -0.459 e. The molecule has 1 aromatic rings. The quantitative estimate of drug-likeness (QED) is 0.791. The van der Waals surface area contributed by atoms with Crippen molar-refractivity contribution in [2.45, 2.75) is 25.8 Å². The van der Waals surface area contributed by atoms with Gasteiger partial charge >= 0.3 is 0 Å². The molecule has 5 nitrogen and oxygen atoms in total. The number of hydrogen-bond donors (Lipinski definition) is 1. The van der Waals surface area contributed by atoms with Gasteiger partial charge < -0.3 is 10.1 Å². The minimum atomic E-state index is -0.0830. The molecule has 0 radical (unpaired) electrons. The first-order valence-electron chi connectivity index (χ1n) is 4.46. The summed E-state index contributed by atoms with van der Waals surface area (Å²) in [6.45, 7) is 1.82. The summed E-state index contributed by atoms with van der Waals surface area (Å²) < 4.78 is 9.09. The van der Waals surface area contributed by atoms with Crippen LogP contribution in [0.1, 0.15) is 18.7 Å². The molecule has 0 atom stereocenters. The lowest BCUT2D eigenvalue weighted by Gasteiger charge is -2.02. The molecule has 0 spiro atoms. The normalized spacial score (nSPS) is 15.2. The average Bonchev–Trinajstić information content (AvgIpc) is 2.85. The zero-order valence-electron chi connectivity index (χ0n) is 7.82. The first-order chi connectivity index (χ1) is 6.74. The van der Waals surface area contributed by atoms with Crippen LogP contribution in [0.15, 0.2) is 0 Å². The topological polar surface area (TPSA) is 64.1 Å². The zero-order chi connectivity index (χ0) is 9.97. The van der Waals surface area contributed by atoms with Crippen molar-refractivity contribution < 1.29 is 9.53 Å². The average molecular weight is 213 g/mol. The summed E-state index contributed by atoms with van der Waals surface area (Å²) >= 11 is 1.16. The second-order valence-corrected chi connectivity index (χ2v) is 3.95. The summed E-state index contributed by atoms with van der Waals surface area (Å²) in [6, 6.07) is 0.377. The van der Waals surface area contributed by atoms with Crippen LogP contribution in [-0.4, -0.2) is 27.9 Å². The number of amides is 1. The Kier molecular flexibility index (Phi) is 2.62. The van der Waals surface area contributed by atoms with Crippen molar-refractivity contribution in [3.05, 3.63) is 5.82 Å². The Balaban J connectivity index is 1.73. The van der Waals surface area contributed by atoms with Gasteiger partial charge in [0.1, 0.15) is 5.82 Å². The van der Waals surface area contributed by atoms with Gasteiger partial charge in [0.15, 0.2) is 6.61 Å². The largest absolute Gasteiger partial charge is 0.459 e. The number of hydrogen-bond acceptors (Lipinski definition) is 5. The Morgan fingerprint density at radius 3 is 3.07 bits per heavy atom. The highest BCUT2D eigenvalue weighted by Gasteiger charge is 2.23. The van der Waals surface area contributed by atoms with Gasteiger partial charge in [-0.1, -0.05) is 0 Å². The van der Waals surface area contributed by atoms with Crippen LogP contribution in [0.25, 0.3) is 0 Å². The van der Waals surface area contributed by atoms with E-state index in [0.29, 0.717) is 17.1 Å². The van der Waals surface area contributed by atoms with E-state index < -0.39 is 0 Å². The molecule has 1 aliphatic carbocycles. The summed E-state index contributed by atoms with van der Waals surface area (Å²) in [5.74, 6) is 0.591. The van der Waals surface area contributed by atoms with Gasteiger partial charge in [-0.15, -0.1) is 0 Å². The summed E-state index contributed by atoms with van der Waals surface area (Å²) in [5, 5.41) is 3.28. The van der Waals surface area contributed by atoms with Gasteiger partial charge in [-0.25, -0.2) is 0 Å². The lowest BCUT2D eigenvalue weighted by molar-refractivity contribution is -0.123. The third-order valence-electron chi connectivity index (χ3n) is 1.78. The van der Waals surface area contributed by atoms with Gasteiger partial charge in [-0.2, -0.15) is 9.36 Å². The molecule has 0 aromatic carbocycles. The predicted octanol–water partition coefficient (Wildman–Crippen LogP) is 0.504. The molecule has 1 amide bonds. The van der Waals surface area contributed by atoms with E-state index in [1.165, 1.54) is 0 Å². The van der Waals surface area contributed by atoms with Gasteiger partial charge in [0.25, 0.3) is 11.1 Å². The highest BCUT2D eigenvalue weighted by molar-refractivity contribution is 7.07. The number of nitrogens with zero attached hydrogens (tertiary/aromatic N) is 2.